The van der Waals surface area contributed by atoms with Crippen molar-refractivity contribution >= 4 is 6.09 Å². The number of benzene rings is 2. The van der Waals surface area contributed by atoms with E-state index in [1.54, 1.807) is 6.07 Å². The van der Waals surface area contributed by atoms with Gasteiger partial charge in [0, 0.05) is 19.7 Å². The van der Waals surface area contributed by atoms with Crippen molar-refractivity contribution in [2.75, 3.05) is 13.7 Å². The minimum Gasteiger partial charge on any atom is -0.453 e. The molecule has 11 heteroatoms. The Morgan fingerprint density at radius 1 is 0.947 bits per heavy atom. The van der Waals surface area contributed by atoms with Gasteiger partial charge < -0.3 is 9.47 Å². The zero-order valence-corrected chi connectivity index (χ0v) is 20.8. The van der Waals surface area contributed by atoms with E-state index in [0.29, 0.717) is 24.2 Å². The highest BCUT2D eigenvalue weighted by Gasteiger charge is 2.33. The van der Waals surface area contributed by atoms with E-state index >= 15 is 0 Å². The molecule has 1 aliphatic rings. The molecule has 0 spiro atoms. The van der Waals surface area contributed by atoms with Crippen LogP contribution in [0.3, 0.4) is 0 Å². The first kappa shape index (κ1) is 29.3. The first-order chi connectivity index (χ1) is 17.9. The van der Waals surface area contributed by atoms with Gasteiger partial charge in [0.1, 0.15) is 0 Å². The molecule has 0 aliphatic heterocycles. The lowest BCUT2D eigenvalue weighted by Gasteiger charge is -2.25. The summed E-state index contributed by atoms with van der Waals surface area (Å²) < 4.78 is 90.9. The third kappa shape index (κ3) is 8.12. The van der Waals surface area contributed by atoms with Crippen LogP contribution in [0, 0.1) is 17.2 Å². The van der Waals surface area contributed by atoms with E-state index in [2.05, 4.69) is 0 Å². The minimum absolute atomic E-state index is 0.0150. The molecule has 1 aliphatic carbocycles. The standard InChI is InChI=1S/C27H28F6N2O3/c1-37-25(36)35(14-20-9-19(13-34)10-24(11-20)27(31,32)33)15-22-12-23(26(28,29)30)8-7-21(22)17-38-16-18-5-3-2-4-6-18/h7-12,18H,2-6,14-17H2,1H3. The van der Waals surface area contributed by atoms with E-state index in [1.807, 2.05) is 0 Å². The van der Waals surface area contributed by atoms with Crippen molar-refractivity contribution in [2.24, 2.45) is 5.92 Å². The maximum absolute atomic E-state index is 13.5. The summed E-state index contributed by atoms with van der Waals surface area (Å²) in [4.78, 5) is 13.5. The Balaban J connectivity index is 1.89. The molecule has 0 atom stereocenters. The number of amides is 1. The molecule has 5 nitrogen and oxygen atoms in total. The fourth-order valence-electron chi connectivity index (χ4n) is 4.53. The number of carbonyl (C=O) groups is 1. The fourth-order valence-corrected chi connectivity index (χ4v) is 4.53. The molecule has 0 saturated heterocycles. The van der Waals surface area contributed by atoms with E-state index in [1.165, 1.54) is 18.6 Å². The highest BCUT2D eigenvalue weighted by Crippen LogP contribution is 2.33. The molecule has 206 valence electrons. The van der Waals surface area contributed by atoms with Gasteiger partial charge in [0.2, 0.25) is 0 Å². The molecular formula is C27H28F6N2O3. The van der Waals surface area contributed by atoms with Crippen molar-refractivity contribution in [3.63, 3.8) is 0 Å². The Kier molecular flexibility index (Phi) is 9.66. The van der Waals surface area contributed by atoms with Crippen molar-refractivity contribution in [3.05, 3.63) is 69.8 Å². The van der Waals surface area contributed by atoms with Crippen LogP contribution in [0.25, 0.3) is 0 Å². The van der Waals surface area contributed by atoms with Gasteiger partial charge in [-0.15, -0.1) is 0 Å². The van der Waals surface area contributed by atoms with Crippen molar-refractivity contribution in [2.45, 2.75) is 64.2 Å². The van der Waals surface area contributed by atoms with Crippen LogP contribution in [0.15, 0.2) is 36.4 Å². The minimum atomic E-state index is -4.73. The number of hydrogen-bond donors (Lipinski definition) is 0. The number of hydrogen-bond acceptors (Lipinski definition) is 4. The van der Waals surface area contributed by atoms with Crippen LogP contribution in [0.4, 0.5) is 31.1 Å². The molecule has 2 aromatic carbocycles. The van der Waals surface area contributed by atoms with Gasteiger partial charge in [-0.25, -0.2) is 4.79 Å². The molecule has 2 aromatic rings. The molecule has 38 heavy (non-hydrogen) atoms. The summed E-state index contributed by atoms with van der Waals surface area (Å²) in [5.41, 5.74) is -1.75. The monoisotopic (exact) mass is 542 g/mol. The van der Waals surface area contributed by atoms with Gasteiger partial charge in [-0.1, -0.05) is 25.3 Å². The van der Waals surface area contributed by atoms with Crippen LogP contribution < -0.4 is 0 Å². The lowest BCUT2D eigenvalue weighted by molar-refractivity contribution is -0.138. The second-order valence-corrected chi connectivity index (χ2v) is 9.35. The van der Waals surface area contributed by atoms with E-state index in [4.69, 9.17) is 14.7 Å². The van der Waals surface area contributed by atoms with Gasteiger partial charge in [-0.3, -0.25) is 4.90 Å². The van der Waals surface area contributed by atoms with E-state index in [-0.39, 0.29) is 29.8 Å². The lowest BCUT2D eigenvalue weighted by atomic mass is 9.90. The highest BCUT2D eigenvalue weighted by atomic mass is 19.4. The second kappa shape index (κ2) is 12.5. The zero-order chi connectivity index (χ0) is 27.9. The summed E-state index contributed by atoms with van der Waals surface area (Å²) in [6.07, 6.45) is -4.89. The number of nitrogens with zero attached hydrogens (tertiary/aromatic N) is 2. The van der Waals surface area contributed by atoms with Crippen molar-refractivity contribution < 1.29 is 40.6 Å². The van der Waals surface area contributed by atoms with Gasteiger partial charge in [0.15, 0.2) is 0 Å². The van der Waals surface area contributed by atoms with Crippen LogP contribution in [-0.2, 0) is 41.5 Å². The average Bonchev–Trinajstić information content (AvgIpc) is 2.87. The Hall–Kier alpha value is -3.26. The maximum atomic E-state index is 13.5. The predicted molar refractivity (Wildman–Crippen MR) is 125 cm³/mol. The molecule has 0 unspecified atom stereocenters. The van der Waals surface area contributed by atoms with Gasteiger partial charge in [0.05, 0.1) is 36.5 Å². The molecule has 1 fully saturated rings. The van der Waals surface area contributed by atoms with Crippen molar-refractivity contribution in [1.29, 1.82) is 5.26 Å². The van der Waals surface area contributed by atoms with Crippen LogP contribution in [-0.4, -0.2) is 24.7 Å². The number of methoxy groups -OCH3 is 1. The normalized spacial score (nSPS) is 14.7. The quantitative estimate of drug-likeness (QED) is 0.325. The Bertz CT molecular complexity index is 1150. The largest absolute Gasteiger partial charge is 0.453 e. The summed E-state index contributed by atoms with van der Waals surface area (Å²) in [5, 5.41) is 9.15. The number of rotatable bonds is 8. The first-order valence-electron chi connectivity index (χ1n) is 12.1. The van der Waals surface area contributed by atoms with E-state index in [0.717, 1.165) is 55.9 Å². The Labute approximate surface area is 216 Å². The topological polar surface area (TPSA) is 62.6 Å². The third-order valence-corrected chi connectivity index (χ3v) is 6.49. The molecular weight excluding hydrogens is 514 g/mol. The van der Waals surface area contributed by atoms with Gasteiger partial charge in [-0.2, -0.15) is 31.6 Å². The van der Waals surface area contributed by atoms with Gasteiger partial charge in [0.25, 0.3) is 0 Å². The number of nitriles is 1. The highest BCUT2D eigenvalue weighted by molar-refractivity contribution is 5.67. The van der Waals surface area contributed by atoms with Crippen molar-refractivity contribution in [3.8, 4) is 6.07 Å². The fraction of sp³-hybridized carbons (Fsp3) is 0.481. The van der Waals surface area contributed by atoms with E-state index < -0.39 is 36.1 Å². The summed E-state index contributed by atoms with van der Waals surface area (Å²) in [7, 11) is 1.06. The van der Waals surface area contributed by atoms with Crippen molar-refractivity contribution in [1.82, 2.24) is 4.90 Å². The predicted octanol–water partition coefficient (Wildman–Crippen LogP) is 7.46. The zero-order valence-electron chi connectivity index (χ0n) is 20.8. The smallest absolute Gasteiger partial charge is 0.416 e. The second-order valence-electron chi connectivity index (χ2n) is 9.35. The lowest BCUT2D eigenvalue weighted by Crippen LogP contribution is -2.30. The number of carbonyl (C=O) groups excluding carboxylic acids is 1. The number of halogens is 6. The van der Waals surface area contributed by atoms with Crippen LogP contribution in [0.5, 0.6) is 0 Å². The molecule has 0 bridgehead atoms. The summed E-state index contributed by atoms with van der Waals surface area (Å²) in [6.45, 7) is -0.329. The summed E-state index contributed by atoms with van der Waals surface area (Å²) >= 11 is 0. The van der Waals surface area contributed by atoms with Gasteiger partial charge >= 0.3 is 18.4 Å². The Morgan fingerprint density at radius 3 is 2.24 bits per heavy atom. The first-order valence-corrected chi connectivity index (χ1v) is 12.1. The average molecular weight is 543 g/mol. The van der Waals surface area contributed by atoms with Crippen LogP contribution in [0.2, 0.25) is 0 Å². The summed E-state index contributed by atoms with van der Waals surface area (Å²) in [5.74, 6) is 0.378. The number of ether oxygens (including phenoxy) is 2. The van der Waals surface area contributed by atoms with E-state index in [9.17, 15) is 31.1 Å². The molecule has 0 heterocycles. The van der Waals surface area contributed by atoms with Crippen LogP contribution in [0.1, 0.15) is 65.5 Å². The molecule has 1 saturated carbocycles. The van der Waals surface area contributed by atoms with Crippen LogP contribution >= 0.6 is 0 Å². The summed E-state index contributed by atoms with van der Waals surface area (Å²) in [6, 6.07) is 7.43. The number of alkyl halides is 6. The molecule has 0 aromatic heterocycles. The SMILES string of the molecule is COC(=O)N(Cc1cc(C#N)cc(C(F)(F)F)c1)Cc1cc(C(F)(F)F)ccc1COCC1CCCCC1. The maximum Gasteiger partial charge on any atom is 0.416 e. The molecule has 3 rings (SSSR count). The molecule has 1 amide bonds. The Morgan fingerprint density at radius 2 is 1.63 bits per heavy atom. The molecule has 0 N–H and O–H groups in total. The van der Waals surface area contributed by atoms with Gasteiger partial charge in [-0.05, 0) is 65.8 Å². The molecule has 0 radical (unpaired) electrons. The third-order valence-electron chi connectivity index (χ3n) is 6.49.